The van der Waals surface area contributed by atoms with Crippen molar-refractivity contribution in [1.29, 1.82) is 0 Å². The van der Waals surface area contributed by atoms with E-state index < -0.39 is 28.5 Å². The second kappa shape index (κ2) is 9.07. The van der Waals surface area contributed by atoms with E-state index in [2.05, 4.69) is 5.32 Å². The topological polar surface area (TPSA) is 111 Å². The molecule has 0 saturated carbocycles. The Labute approximate surface area is 163 Å². The monoisotopic (exact) mass is 410 g/mol. The Hall–Kier alpha value is -2.59. The minimum atomic E-state index is -3.60. The SMILES string of the molecule is O=C(COC(=O)C1=COCCO1)Nc1cccc(S(=O)(=O)N2CCCCC2)c1. The highest BCUT2D eigenvalue weighted by molar-refractivity contribution is 7.89. The van der Waals surface area contributed by atoms with Gasteiger partial charge in [-0.2, -0.15) is 4.31 Å². The average Bonchev–Trinajstić information content (AvgIpc) is 2.73. The number of amides is 1. The fourth-order valence-electron chi connectivity index (χ4n) is 2.86. The Morgan fingerprint density at radius 3 is 2.64 bits per heavy atom. The van der Waals surface area contributed by atoms with Gasteiger partial charge in [0, 0.05) is 18.8 Å². The van der Waals surface area contributed by atoms with Gasteiger partial charge >= 0.3 is 5.97 Å². The second-order valence-electron chi connectivity index (χ2n) is 6.32. The molecule has 1 amide bonds. The van der Waals surface area contributed by atoms with E-state index in [0.29, 0.717) is 25.4 Å². The summed E-state index contributed by atoms with van der Waals surface area (Å²) in [6.45, 7) is 1.02. The van der Waals surface area contributed by atoms with Crippen LogP contribution < -0.4 is 5.32 Å². The van der Waals surface area contributed by atoms with Crippen molar-refractivity contribution in [3.05, 3.63) is 36.3 Å². The minimum absolute atomic E-state index is 0.103. The largest absolute Gasteiger partial charge is 0.493 e. The lowest BCUT2D eigenvalue weighted by Crippen LogP contribution is -2.35. The second-order valence-corrected chi connectivity index (χ2v) is 8.26. The predicted molar refractivity (Wildman–Crippen MR) is 98.6 cm³/mol. The normalized spacial score (nSPS) is 17.6. The van der Waals surface area contributed by atoms with Crippen LogP contribution in [-0.2, 0) is 33.8 Å². The first-order valence-corrected chi connectivity index (χ1v) is 10.4. The van der Waals surface area contributed by atoms with Gasteiger partial charge in [0.2, 0.25) is 15.8 Å². The minimum Gasteiger partial charge on any atom is -0.493 e. The maximum Gasteiger partial charge on any atom is 0.377 e. The highest BCUT2D eigenvalue weighted by Gasteiger charge is 2.26. The molecule has 0 spiro atoms. The number of rotatable bonds is 6. The van der Waals surface area contributed by atoms with Crippen LogP contribution in [0.5, 0.6) is 0 Å². The van der Waals surface area contributed by atoms with Crippen LogP contribution >= 0.6 is 0 Å². The molecular weight excluding hydrogens is 388 g/mol. The zero-order valence-electron chi connectivity index (χ0n) is 15.3. The highest BCUT2D eigenvalue weighted by atomic mass is 32.2. The van der Waals surface area contributed by atoms with E-state index in [0.717, 1.165) is 25.5 Å². The summed E-state index contributed by atoms with van der Waals surface area (Å²) < 4.78 is 41.8. The van der Waals surface area contributed by atoms with E-state index in [1.54, 1.807) is 12.1 Å². The van der Waals surface area contributed by atoms with Crippen molar-refractivity contribution in [3.63, 3.8) is 0 Å². The molecule has 1 aromatic rings. The number of hydrogen-bond acceptors (Lipinski definition) is 7. The standard InChI is InChI=1S/C18H22N2O7S/c21-17(13-27-18(22)16-12-25-9-10-26-16)19-14-5-4-6-15(11-14)28(23,24)20-7-2-1-3-8-20/h4-6,11-12H,1-3,7-10,13H2,(H,19,21). The van der Waals surface area contributed by atoms with Crippen LogP contribution in [0.1, 0.15) is 19.3 Å². The number of benzene rings is 1. The van der Waals surface area contributed by atoms with E-state index in [9.17, 15) is 18.0 Å². The molecule has 0 radical (unpaired) electrons. The van der Waals surface area contributed by atoms with Gasteiger partial charge in [-0.25, -0.2) is 13.2 Å². The van der Waals surface area contributed by atoms with Crippen molar-refractivity contribution < 1.29 is 32.2 Å². The van der Waals surface area contributed by atoms with Gasteiger partial charge in [-0.3, -0.25) is 4.79 Å². The molecule has 0 unspecified atom stereocenters. The molecule has 2 aliphatic heterocycles. The first-order valence-electron chi connectivity index (χ1n) is 8.98. The number of anilines is 1. The summed E-state index contributed by atoms with van der Waals surface area (Å²) in [6, 6.07) is 6.00. The molecule has 0 bridgehead atoms. The lowest BCUT2D eigenvalue weighted by Gasteiger charge is -2.26. The molecular formula is C18H22N2O7S. The van der Waals surface area contributed by atoms with Gasteiger partial charge < -0.3 is 19.5 Å². The number of nitrogens with zero attached hydrogens (tertiary/aromatic N) is 1. The molecule has 1 N–H and O–H groups in total. The van der Waals surface area contributed by atoms with Crippen molar-refractivity contribution >= 4 is 27.6 Å². The summed E-state index contributed by atoms with van der Waals surface area (Å²) in [5.74, 6) is -1.51. The van der Waals surface area contributed by atoms with E-state index in [1.807, 2.05) is 0 Å². The predicted octanol–water partition coefficient (Wildman–Crippen LogP) is 1.23. The van der Waals surface area contributed by atoms with Gasteiger partial charge in [0.15, 0.2) is 6.61 Å². The lowest BCUT2D eigenvalue weighted by atomic mass is 10.2. The highest BCUT2D eigenvalue weighted by Crippen LogP contribution is 2.22. The Morgan fingerprint density at radius 1 is 1.14 bits per heavy atom. The molecule has 0 aromatic heterocycles. The molecule has 1 saturated heterocycles. The van der Waals surface area contributed by atoms with Crippen LogP contribution in [0, 0.1) is 0 Å². The molecule has 1 fully saturated rings. The molecule has 1 aromatic carbocycles. The van der Waals surface area contributed by atoms with Crippen molar-refractivity contribution in [1.82, 2.24) is 4.31 Å². The van der Waals surface area contributed by atoms with E-state index in [-0.39, 0.29) is 17.3 Å². The maximum atomic E-state index is 12.7. The molecule has 0 aliphatic carbocycles. The summed E-state index contributed by atoms with van der Waals surface area (Å²) in [7, 11) is -3.60. The molecule has 0 atom stereocenters. The summed E-state index contributed by atoms with van der Waals surface area (Å²) in [5, 5.41) is 2.52. The average molecular weight is 410 g/mol. The number of carbonyl (C=O) groups excluding carboxylic acids is 2. The number of piperidine rings is 1. The third-order valence-corrected chi connectivity index (χ3v) is 6.15. The van der Waals surface area contributed by atoms with E-state index in [4.69, 9.17) is 14.2 Å². The molecule has 28 heavy (non-hydrogen) atoms. The maximum absolute atomic E-state index is 12.7. The number of esters is 1. The smallest absolute Gasteiger partial charge is 0.377 e. The number of carbonyl (C=O) groups is 2. The lowest BCUT2D eigenvalue weighted by molar-refractivity contribution is -0.148. The summed E-state index contributed by atoms with van der Waals surface area (Å²) in [4.78, 5) is 23.9. The van der Waals surface area contributed by atoms with Gasteiger partial charge in [0.25, 0.3) is 5.91 Å². The van der Waals surface area contributed by atoms with E-state index in [1.165, 1.54) is 16.4 Å². The van der Waals surface area contributed by atoms with Gasteiger partial charge in [-0.15, -0.1) is 0 Å². The van der Waals surface area contributed by atoms with Crippen LogP contribution in [-0.4, -0.2) is 57.5 Å². The Bertz CT molecular complexity index is 860. The van der Waals surface area contributed by atoms with Crippen molar-refractivity contribution in [2.45, 2.75) is 24.2 Å². The Morgan fingerprint density at radius 2 is 1.93 bits per heavy atom. The van der Waals surface area contributed by atoms with Gasteiger partial charge in [0.1, 0.15) is 19.5 Å². The van der Waals surface area contributed by atoms with Crippen LogP contribution in [0.4, 0.5) is 5.69 Å². The van der Waals surface area contributed by atoms with Gasteiger partial charge in [0.05, 0.1) is 4.90 Å². The first kappa shape index (κ1) is 20.2. The van der Waals surface area contributed by atoms with Gasteiger partial charge in [-0.1, -0.05) is 12.5 Å². The zero-order chi connectivity index (χ0) is 20.0. The number of nitrogens with one attached hydrogen (secondary N) is 1. The zero-order valence-corrected chi connectivity index (χ0v) is 16.1. The number of ether oxygens (including phenoxy) is 3. The van der Waals surface area contributed by atoms with Crippen molar-refractivity contribution in [2.24, 2.45) is 0 Å². The Kier molecular flexibility index (Phi) is 6.53. The van der Waals surface area contributed by atoms with E-state index >= 15 is 0 Å². The third-order valence-electron chi connectivity index (χ3n) is 4.26. The molecule has 9 nitrogen and oxygen atoms in total. The van der Waals surface area contributed by atoms with Crippen LogP contribution in [0.2, 0.25) is 0 Å². The van der Waals surface area contributed by atoms with Crippen molar-refractivity contribution in [3.8, 4) is 0 Å². The Balaban J connectivity index is 1.58. The molecule has 152 valence electrons. The quantitative estimate of drug-likeness (QED) is 0.702. The van der Waals surface area contributed by atoms with Crippen LogP contribution in [0.15, 0.2) is 41.2 Å². The summed E-state index contributed by atoms with van der Waals surface area (Å²) >= 11 is 0. The fraction of sp³-hybridized carbons (Fsp3) is 0.444. The number of sulfonamides is 1. The van der Waals surface area contributed by atoms with Crippen LogP contribution in [0.3, 0.4) is 0 Å². The molecule has 3 rings (SSSR count). The summed E-state index contributed by atoms with van der Waals surface area (Å²) in [6.07, 6.45) is 3.84. The van der Waals surface area contributed by atoms with Crippen LogP contribution in [0.25, 0.3) is 0 Å². The first-order chi connectivity index (χ1) is 13.5. The summed E-state index contributed by atoms with van der Waals surface area (Å²) in [5.41, 5.74) is 0.301. The molecule has 10 heteroatoms. The molecule has 2 heterocycles. The fourth-order valence-corrected chi connectivity index (χ4v) is 4.43. The number of hydrogen-bond donors (Lipinski definition) is 1. The third kappa shape index (κ3) is 5.02. The van der Waals surface area contributed by atoms with Gasteiger partial charge in [-0.05, 0) is 31.0 Å². The molecule has 2 aliphatic rings. The van der Waals surface area contributed by atoms with Crippen molar-refractivity contribution in [2.75, 3.05) is 38.2 Å².